The van der Waals surface area contributed by atoms with Gasteiger partial charge in [0, 0.05) is 11.7 Å². The Morgan fingerprint density at radius 2 is 1.62 bits per heavy atom. The van der Waals surface area contributed by atoms with E-state index < -0.39 is 11.9 Å². The third-order valence-electron chi connectivity index (χ3n) is 4.90. The number of nitrogens with two attached hydrogens (primary N) is 1. The van der Waals surface area contributed by atoms with Gasteiger partial charge in [-0.15, -0.1) is 0 Å². The average molecular weight is 397 g/mol. The number of hydrogen-bond donors (Lipinski definition) is 4. The van der Waals surface area contributed by atoms with Gasteiger partial charge in [-0.25, -0.2) is 4.79 Å². The van der Waals surface area contributed by atoms with Gasteiger partial charge >= 0.3 is 12.0 Å². The molecule has 8 heteroatoms. The van der Waals surface area contributed by atoms with Crippen molar-refractivity contribution in [3.63, 3.8) is 0 Å². The summed E-state index contributed by atoms with van der Waals surface area (Å²) in [5, 5.41) is 14.6. The van der Waals surface area contributed by atoms with Gasteiger partial charge in [-0.2, -0.15) is 0 Å². The van der Waals surface area contributed by atoms with E-state index in [-0.39, 0.29) is 23.6 Å². The van der Waals surface area contributed by atoms with Gasteiger partial charge in [0.05, 0.1) is 11.5 Å². The normalized spacial score (nSPS) is 18.5. The van der Waals surface area contributed by atoms with Crippen LogP contribution in [0.25, 0.3) is 0 Å². The molecular weight excluding hydrogens is 374 g/mol. The van der Waals surface area contributed by atoms with Crippen LogP contribution in [-0.4, -0.2) is 29.1 Å². The Hall–Kier alpha value is -3.55. The number of primary amides is 1. The van der Waals surface area contributed by atoms with Gasteiger partial charge in [0.2, 0.25) is 0 Å². The van der Waals surface area contributed by atoms with Crippen LogP contribution in [0.3, 0.4) is 0 Å². The second-order valence-corrected chi connectivity index (χ2v) is 6.97. The summed E-state index contributed by atoms with van der Waals surface area (Å²) in [6, 6.07) is 13.0. The van der Waals surface area contributed by atoms with Crippen molar-refractivity contribution in [2.24, 2.45) is 11.7 Å². The lowest BCUT2D eigenvalue weighted by Gasteiger charge is -2.26. The lowest BCUT2D eigenvalue weighted by molar-refractivity contribution is -0.142. The van der Waals surface area contributed by atoms with Crippen molar-refractivity contribution in [3.8, 4) is 11.5 Å². The molecule has 2 aromatic rings. The molecule has 3 rings (SSSR count). The number of para-hydroxylation sites is 1. The minimum Gasteiger partial charge on any atom is -0.481 e. The van der Waals surface area contributed by atoms with Crippen LogP contribution in [0.5, 0.6) is 11.5 Å². The van der Waals surface area contributed by atoms with Crippen LogP contribution in [0, 0.1) is 5.92 Å². The highest BCUT2D eigenvalue weighted by Crippen LogP contribution is 2.27. The van der Waals surface area contributed by atoms with Crippen molar-refractivity contribution in [3.05, 3.63) is 54.1 Å². The zero-order valence-electron chi connectivity index (χ0n) is 15.8. The zero-order valence-corrected chi connectivity index (χ0v) is 15.8. The molecule has 0 unspecified atom stereocenters. The highest BCUT2D eigenvalue weighted by atomic mass is 16.5. The summed E-state index contributed by atoms with van der Waals surface area (Å²) < 4.78 is 5.70. The Labute approximate surface area is 168 Å². The Morgan fingerprint density at radius 1 is 0.966 bits per heavy atom. The van der Waals surface area contributed by atoms with E-state index in [2.05, 4.69) is 10.6 Å². The number of carbonyl (C=O) groups is 3. The summed E-state index contributed by atoms with van der Waals surface area (Å²) in [7, 11) is 0. The molecule has 152 valence electrons. The maximum atomic E-state index is 12.2. The van der Waals surface area contributed by atoms with Crippen LogP contribution in [0.15, 0.2) is 48.5 Å². The molecule has 0 heterocycles. The molecule has 2 aromatic carbocycles. The Morgan fingerprint density at radius 3 is 2.24 bits per heavy atom. The van der Waals surface area contributed by atoms with Crippen molar-refractivity contribution >= 4 is 23.6 Å². The van der Waals surface area contributed by atoms with Crippen molar-refractivity contribution in [2.45, 2.75) is 31.7 Å². The quantitative estimate of drug-likeness (QED) is 0.594. The van der Waals surface area contributed by atoms with Crippen molar-refractivity contribution < 1.29 is 24.2 Å². The van der Waals surface area contributed by atoms with Gasteiger partial charge in [-0.1, -0.05) is 12.1 Å². The average Bonchev–Trinajstić information content (AvgIpc) is 2.70. The number of benzene rings is 2. The number of aliphatic carboxylic acids is 1. The second kappa shape index (κ2) is 9.09. The molecule has 8 nitrogen and oxygen atoms in total. The first-order valence-corrected chi connectivity index (χ1v) is 9.39. The molecule has 0 aliphatic heterocycles. The van der Waals surface area contributed by atoms with Gasteiger partial charge in [-0.05, 0) is 62.1 Å². The van der Waals surface area contributed by atoms with E-state index in [1.807, 2.05) is 0 Å². The van der Waals surface area contributed by atoms with Crippen LogP contribution in [0.2, 0.25) is 0 Å². The molecule has 0 bridgehead atoms. The number of ether oxygens (including phenoxy) is 1. The molecule has 0 aromatic heterocycles. The van der Waals surface area contributed by atoms with Crippen molar-refractivity contribution in [1.82, 2.24) is 5.32 Å². The maximum Gasteiger partial charge on any atom is 0.319 e. The third-order valence-corrected chi connectivity index (χ3v) is 4.90. The number of amides is 3. The molecule has 1 fully saturated rings. The summed E-state index contributed by atoms with van der Waals surface area (Å²) in [4.78, 5) is 34.6. The number of carbonyl (C=O) groups excluding carboxylic acids is 2. The van der Waals surface area contributed by atoms with E-state index >= 15 is 0 Å². The van der Waals surface area contributed by atoms with Crippen LogP contribution < -0.4 is 21.1 Å². The fourth-order valence-electron chi connectivity index (χ4n) is 3.33. The standard InChI is InChI=1S/C21H23N3O5/c22-19(25)17-3-1-2-4-18(17)29-16-11-9-15(10-12-16)24-21(28)23-14-7-5-13(6-8-14)20(26)27/h1-4,9-14H,5-8H2,(H2,22,25)(H,26,27)(H2,23,24,28). The van der Waals surface area contributed by atoms with Crippen molar-refractivity contribution in [2.75, 3.05) is 5.32 Å². The van der Waals surface area contributed by atoms with E-state index in [9.17, 15) is 14.4 Å². The molecule has 0 saturated heterocycles. The van der Waals surface area contributed by atoms with Crippen LogP contribution in [0.1, 0.15) is 36.0 Å². The summed E-state index contributed by atoms with van der Waals surface area (Å²) in [6.07, 6.45) is 2.44. The van der Waals surface area contributed by atoms with E-state index in [1.54, 1.807) is 48.5 Å². The zero-order chi connectivity index (χ0) is 20.8. The second-order valence-electron chi connectivity index (χ2n) is 6.97. The molecule has 0 radical (unpaired) electrons. The van der Waals surface area contributed by atoms with E-state index in [0.29, 0.717) is 42.9 Å². The largest absolute Gasteiger partial charge is 0.481 e. The predicted molar refractivity (Wildman–Crippen MR) is 107 cm³/mol. The van der Waals surface area contributed by atoms with E-state index in [4.69, 9.17) is 15.6 Å². The van der Waals surface area contributed by atoms with Crippen LogP contribution in [0.4, 0.5) is 10.5 Å². The van der Waals surface area contributed by atoms with Crippen LogP contribution >= 0.6 is 0 Å². The number of urea groups is 1. The predicted octanol–water partition coefficient (Wildman–Crippen LogP) is 3.34. The monoisotopic (exact) mass is 397 g/mol. The minimum absolute atomic E-state index is 0.0292. The third kappa shape index (κ3) is 5.47. The fraction of sp³-hybridized carbons (Fsp3) is 0.286. The number of carboxylic acids is 1. The Bertz CT molecular complexity index is 889. The molecule has 1 aliphatic carbocycles. The summed E-state index contributed by atoms with van der Waals surface area (Å²) in [5.74, 6) is -0.808. The maximum absolute atomic E-state index is 12.2. The lowest BCUT2D eigenvalue weighted by atomic mass is 9.86. The molecule has 1 saturated carbocycles. The molecule has 5 N–H and O–H groups in total. The Kier molecular flexibility index (Phi) is 6.33. The Balaban J connectivity index is 1.52. The minimum atomic E-state index is -0.770. The SMILES string of the molecule is NC(=O)c1ccccc1Oc1ccc(NC(=O)NC2CCC(C(=O)O)CC2)cc1. The first-order valence-electron chi connectivity index (χ1n) is 9.39. The van der Waals surface area contributed by atoms with Gasteiger partial charge in [0.1, 0.15) is 11.5 Å². The summed E-state index contributed by atoms with van der Waals surface area (Å²) in [5.41, 5.74) is 6.21. The molecule has 1 aliphatic rings. The van der Waals surface area contributed by atoms with E-state index in [0.717, 1.165) is 0 Å². The fourth-order valence-corrected chi connectivity index (χ4v) is 3.33. The van der Waals surface area contributed by atoms with Gasteiger partial charge < -0.3 is 26.2 Å². The van der Waals surface area contributed by atoms with Gasteiger partial charge in [0.25, 0.3) is 5.91 Å². The molecule has 29 heavy (non-hydrogen) atoms. The van der Waals surface area contributed by atoms with Gasteiger partial charge in [0.15, 0.2) is 0 Å². The van der Waals surface area contributed by atoms with Gasteiger partial charge in [-0.3, -0.25) is 9.59 Å². The molecular formula is C21H23N3O5. The highest BCUT2D eigenvalue weighted by molar-refractivity contribution is 5.95. The number of anilines is 1. The first-order chi connectivity index (χ1) is 13.9. The molecule has 0 spiro atoms. The number of nitrogens with one attached hydrogen (secondary N) is 2. The smallest absolute Gasteiger partial charge is 0.319 e. The lowest BCUT2D eigenvalue weighted by Crippen LogP contribution is -2.40. The number of carboxylic acid groups (broad SMARTS) is 1. The van der Waals surface area contributed by atoms with Crippen molar-refractivity contribution in [1.29, 1.82) is 0 Å². The first kappa shape index (κ1) is 20.2. The number of hydrogen-bond acceptors (Lipinski definition) is 4. The summed E-state index contributed by atoms with van der Waals surface area (Å²) in [6.45, 7) is 0. The topological polar surface area (TPSA) is 131 Å². The highest BCUT2D eigenvalue weighted by Gasteiger charge is 2.26. The molecule has 3 amide bonds. The van der Waals surface area contributed by atoms with Crippen LogP contribution in [-0.2, 0) is 4.79 Å². The molecule has 0 atom stereocenters. The van der Waals surface area contributed by atoms with E-state index in [1.165, 1.54) is 0 Å². The summed E-state index contributed by atoms with van der Waals surface area (Å²) >= 11 is 0. The number of rotatable bonds is 6.